The third-order valence-corrected chi connectivity index (χ3v) is 3.36. The zero-order chi connectivity index (χ0) is 13.1. The second kappa shape index (κ2) is 5.49. The molecule has 1 unspecified atom stereocenters. The molecule has 1 atom stereocenters. The third kappa shape index (κ3) is 2.88. The van der Waals surface area contributed by atoms with Gasteiger partial charge in [-0.25, -0.2) is 9.97 Å². The highest BCUT2D eigenvalue weighted by Gasteiger charge is 2.29. The number of halogens is 1. The van der Waals surface area contributed by atoms with Crippen LogP contribution in [-0.4, -0.2) is 40.2 Å². The number of nitrogens with two attached hydrogens (primary N) is 1. The summed E-state index contributed by atoms with van der Waals surface area (Å²) in [7, 11) is 0. The van der Waals surface area contributed by atoms with Crippen molar-refractivity contribution in [2.45, 2.75) is 18.9 Å². The van der Waals surface area contributed by atoms with E-state index < -0.39 is 12.0 Å². The molecule has 98 valence electrons. The molecule has 1 amide bonds. The number of hydrogen-bond acceptors (Lipinski definition) is 5. The Morgan fingerprint density at radius 1 is 1.44 bits per heavy atom. The summed E-state index contributed by atoms with van der Waals surface area (Å²) in [6.45, 7) is 1.38. The molecule has 7 heteroatoms. The van der Waals surface area contributed by atoms with Crippen LogP contribution in [0.3, 0.4) is 0 Å². The minimum atomic E-state index is -1.06. The van der Waals surface area contributed by atoms with Gasteiger partial charge in [0.25, 0.3) is 0 Å². The second-order valence-corrected chi connectivity index (χ2v) is 4.81. The van der Waals surface area contributed by atoms with E-state index in [0.29, 0.717) is 36.9 Å². The molecule has 1 saturated heterocycles. The molecule has 3 N–H and O–H groups in total. The summed E-state index contributed by atoms with van der Waals surface area (Å²) >= 11 is 5.72. The Bertz CT molecular complexity index is 418. The summed E-state index contributed by atoms with van der Waals surface area (Å²) in [4.78, 5) is 21.2. The number of amides is 1. The zero-order valence-corrected chi connectivity index (χ0v) is 10.5. The van der Waals surface area contributed by atoms with Crippen LogP contribution < -0.4 is 10.6 Å². The summed E-state index contributed by atoms with van der Waals surface area (Å²) in [5.41, 5.74) is 5.09. The van der Waals surface area contributed by atoms with Gasteiger partial charge in [-0.2, -0.15) is 0 Å². The van der Waals surface area contributed by atoms with Crippen LogP contribution in [0.1, 0.15) is 12.8 Å². The van der Waals surface area contributed by atoms with E-state index in [1.807, 2.05) is 4.90 Å². The number of aliphatic hydroxyl groups is 1. The lowest BCUT2D eigenvalue weighted by Gasteiger charge is -2.33. The summed E-state index contributed by atoms with van der Waals surface area (Å²) in [6.07, 6.45) is 3.42. The summed E-state index contributed by atoms with van der Waals surface area (Å²) < 4.78 is 0. The van der Waals surface area contributed by atoms with Gasteiger partial charge in [-0.1, -0.05) is 11.6 Å². The highest BCUT2D eigenvalue weighted by molar-refractivity contribution is 6.30. The fourth-order valence-corrected chi connectivity index (χ4v) is 2.21. The number of primary amides is 1. The van der Waals surface area contributed by atoms with Crippen molar-refractivity contribution in [2.24, 2.45) is 11.7 Å². The van der Waals surface area contributed by atoms with Crippen LogP contribution in [0.2, 0.25) is 5.02 Å². The second-order valence-electron chi connectivity index (χ2n) is 4.37. The molecule has 0 aromatic carbocycles. The number of anilines is 1. The molecule has 1 aliphatic heterocycles. The van der Waals surface area contributed by atoms with E-state index in [9.17, 15) is 9.90 Å². The van der Waals surface area contributed by atoms with Crippen LogP contribution in [0, 0.1) is 5.92 Å². The standard InChI is InChI=1S/C11H15ClN4O2/c12-8-5-14-11(15-6-8)16-3-1-7(2-4-16)9(17)10(13)18/h5-7,9,17H,1-4H2,(H2,13,18). The van der Waals surface area contributed by atoms with Crippen LogP contribution in [0.15, 0.2) is 12.4 Å². The highest BCUT2D eigenvalue weighted by Crippen LogP contribution is 2.23. The van der Waals surface area contributed by atoms with E-state index in [0.717, 1.165) is 0 Å². The fraction of sp³-hybridized carbons (Fsp3) is 0.545. The molecule has 0 radical (unpaired) electrons. The summed E-state index contributed by atoms with van der Waals surface area (Å²) in [6, 6.07) is 0. The predicted octanol–water partition coefficient (Wildman–Crippen LogP) is 0.193. The molecule has 6 nitrogen and oxygen atoms in total. The van der Waals surface area contributed by atoms with Gasteiger partial charge in [0.15, 0.2) is 0 Å². The quantitative estimate of drug-likeness (QED) is 0.818. The van der Waals surface area contributed by atoms with Crippen molar-refractivity contribution in [3.05, 3.63) is 17.4 Å². The van der Waals surface area contributed by atoms with E-state index in [2.05, 4.69) is 9.97 Å². The first-order chi connectivity index (χ1) is 8.58. The minimum absolute atomic E-state index is 0.0777. The zero-order valence-electron chi connectivity index (χ0n) is 9.79. The van der Waals surface area contributed by atoms with Gasteiger partial charge in [0.1, 0.15) is 6.10 Å². The smallest absolute Gasteiger partial charge is 0.246 e. The maximum atomic E-state index is 10.9. The average molecular weight is 271 g/mol. The van der Waals surface area contributed by atoms with Gasteiger partial charge in [0, 0.05) is 13.1 Å². The summed E-state index contributed by atoms with van der Waals surface area (Å²) in [5, 5.41) is 10.1. The summed E-state index contributed by atoms with van der Waals surface area (Å²) in [5.74, 6) is -0.117. The lowest BCUT2D eigenvalue weighted by Crippen LogP contribution is -2.43. The SMILES string of the molecule is NC(=O)C(O)C1CCN(c2ncc(Cl)cn2)CC1. The Hall–Kier alpha value is -1.40. The predicted molar refractivity (Wildman–Crippen MR) is 67.2 cm³/mol. The van der Waals surface area contributed by atoms with Crippen LogP contribution in [0.4, 0.5) is 5.95 Å². The molecule has 0 spiro atoms. The number of piperidine rings is 1. The van der Waals surface area contributed by atoms with Crippen LogP contribution >= 0.6 is 11.6 Å². The molecule has 2 heterocycles. The van der Waals surface area contributed by atoms with E-state index in [-0.39, 0.29) is 5.92 Å². The first kappa shape index (κ1) is 13.0. The normalized spacial score (nSPS) is 18.7. The molecule has 1 aliphatic rings. The first-order valence-corrected chi connectivity index (χ1v) is 6.15. The molecule has 1 fully saturated rings. The molecule has 18 heavy (non-hydrogen) atoms. The van der Waals surface area contributed by atoms with Crippen molar-refractivity contribution in [1.29, 1.82) is 0 Å². The topological polar surface area (TPSA) is 92.3 Å². The lowest BCUT2D eigenvalue weighted by molar-refractivity contribution is -0.129. The highest BCUT2D eigenvalue weighted by atomic mass is 35.5. The maximum absolute atomic E-state index is 10.9. The maximum Gasteiger partial charge on any atom is 0.246 e. The van der Waals surface area contributed by atoms with Crippen molar-refractivity contribution in [1.82, 2.24) is 9.97 Å². The van der Waals surface area contributed by atoms with Crippen molar-refractivity contribution in [2.75, 3.05) is 18.0 Å². The Morgan fingerprint density at radius 2 is 2.00 bits per heavy atom. The number of aromatic nitrogens is 2. The average Bonchev–Trinajstić information content (AvgIpc) is 2.39. The molecular weight excluding hydrogens is 256 g/mol. The van der Waals surface area contributed by atoms with Crippen LogP contribution in [0.5, 0.6) is 0 Å². The number of nitrogens with zero attached hydrogens (tertiary/aromatic N) is 3. The Balaban J connectivity index is 1.94. The van der Waals surface area contributed by atoms with Gasteiger partial charge in [0.2, 0.25) is 11.9 Å². The van der Waals surface area contributed by atoms with Crippen molar-refractivity contribution < 1.29 is 9.90 Å². The monoisotopic (exact) mass is 270 g/mol. The van der Waals surface area contributed by atoms with Crippen molar-refractivity contribution >= 4 is 23.5 Å². The molecule has 2 rings (SSSR count). The van der Waals surface area contributed by atoms with Crippen molar-refractivity contribution in [3.63, 3.8) is 0 Å². The van der Waals surface area contributed by atoms with Gasteiger partial charge >= 0.3 is 0 Å². The third-order valence-electron chi connectivity index (χ3n) is 3.17. The van der Waals surface area contributed by atoms with Crippen LogP contribution in [0.25, 0.3) is 0 Å². The number of carbonyl (C=O) groups is 1. The van der Waals surface area contributed by atoms with Gasteiger partial charge in [0.05, 0.1) is 17.4 Å². The number of carbonyl (C=O) groups excluding carboxylic acids is 1. The molecule has 0 bridgehead atoms. The van der Waals surface area contributed by atoms with Crippen LogP contribution in [-0.2, 0) is 4.79 Å². The van der Waals surface area contributed by atoms with Gasteiger partial charge < -0.3 is 15.7 Å². The molecular formula is C11H15ClN4O2. The lowest BCUT2D eigenvalue weighted by atomic mass is 9.91. The van der Waals surface area contributed by atoms with Crippen molar-refractivity contribution in [3.8, 4) is 0 Å². The Labute approximate surface area is 110 Å². The number of hydrogen-bond donors (Lipinski definition) is 2. The molecule has 1 aromatic rings. The van der Waals surface area contributed by atoms with Gasteiger partial charge in [-0.05, 0) is 18.8 Å². The molecule has 0 aliphatic carbocycles. The number of aliphatic hydroxyl groups excluding tert-OH is 1. The fourth-order valence-electron chi connectivity index (χ4n) is 2.12. The van der Waals surface area contributed by atoms with Gasteiger partial charge in [-0.3, -0.25) is 4.79 Å². The van der Waals surface area contributed by atoms with Gasteiger partial charge in [-0.15, -0.1) is 0 Å². The first-order valence-electron chi connectivity index (χ1n) is 5.78. The molecule has 1 aromatic heterocycles. The largest absolute Gasteiger partial charge is 0.383 e. The molecule has 0 saturated carbocycles. The van der Waals surface area contributed by atoms with E-state index in [4.69, 9.17) is 17.3 Å². The van der Waals surface area contributed by atoms with E-state index in [1.165, 1.54) is 0 Å². The Kier molecular flexibility index (Phi) is 3.98. The van der Waals surface area contributed by atoms with E-state index in [1.54, 1.807) is 12.4 Å². The minimum Gasteiger partial charge on any atom is -0.383 e. The Morgan fingerprint density at radius 3 is 2.50 bits per heavy atom. The van der Waals surface area contributed by atoms with E-state index >= 15 is 0 Å². The number of rotatable bonds is 3.